The zero-order valence-electron chi connectivity index (χ0n) is 10.2. The summed E-state index contributed by atoms with van der Waals surface area (Å²) in [6.45, 7) is 4.47. The van der Waals surface area contributed by atoms with Crippen LogP contribution in [0.4, 0.5) is 0 Å². The molecule has 0 aliphatic carbocycles. The van der Waals surface area contributed by atoms with Crippen LogP contribution >= 0.6 is 0 Å². The van der Waals surface area contributed by atoms with Crippen molar-refractivity contribution in [3.05, 3.63) is 18.0 Å². The normalized spacial score (nSPS) is 14.5. The molecule has 1 aromatic heterocycles. The number of aryl methyl sites for hydroxylation is 1. The van der Waals surface area contributed by atoms with Crippen molar-refractivity contribution in [2.75, 3.05) is 7.11 Å². The Labute approximate surface area is 95.8 Å². The van der Waals surface area contributed by atoms with Gasteiger partial charge in [0.05, 0.1) is 18.7 Å². The summed E-state index contributed by atoms with van der Waals surface area (Å²) in [7, 11) is 3.29. The average molecular weight is 225 g/mol. The van der Waals surface area contributed by atoms with Crippen molar-refractivity contribution in [2.45, 2.75) is 26.4 Å². The fourth-order valence-electron chi connectivity index (χ4n) is 1.39. The monoisotopic (exact) mass is 225 g/mol. The third-order valence-electron chi connectivity index (χ3n) is 2.70. The predicted octanol–water partition coefficient (Wildman–Crippen LogP) is 0.707. The molecule has 0 amide bonds. The van der Waals surface area contributed by atoms with Gasteiger partial charge in [0.2, 0.25) is 0 Å². The van der Waals surface area contributed by atoms with Crippen molar-refractivity contribution in [2.24, 2.45) is 13.0 Å². The lowest BCUT2D eigenvalue weighted by molar-refractivity contribution is -0.145. The fourth-order valence-corrected chi connectivity index (χ4v) is 1.39. The zero-order valence-corrected chi connectivity index (χ0v) is 10.2. The smallest absolute Gasteiger partial charge is 0.309 e. The quantitative estimate of drug-likeness (QED) is 0.750. The highest BCUT2D eigenvalue weighted by Gasteiger charge is 2.20. The molecule has 0 aliphatic rings. The van der Waals surface area contributed by atoms with Crippen LogP contribution in [0.2, 0.25) is 0 Å². The van der Waals surface area contributed by atoms with E-state index in [4.69, 9.17) is 4.74 Å². The molecule has 1 heterocycles. The number of nitrogens with one attached hydrogen (secondary N) is 1. The van der Waals surface area contributed by atoms with E-state index >= 15 is 0 Å². The molecule has 5 heteroatoms. The molecule has 1 aromatic rings. The van der Waals surface area contributed by atoms with Crippen LogP contribution < -0.4 is 5.32 Å². The van der Waals surface area contributed by atoms with Gasteiger partial charge in [-0.1, -0.05) is 6.92 Å². The second-order valence-electron chi connectivity index (χ2n) is 3.96. The molecule has 16 heavy (non-hydrogen) atoms. The Balaban J connectivity index is 2.40. The summed E-state index contributed by atoms with van der Waals surface area (Å²) < 4.78 is 6.45. The number of rotatable bonds is 5. The molecule has 0 fully saturated rings. The number of aromatic nitrogens is 2. The van der Waals surface area contributed by atoms with Crippen LogP contribution in [0.1, 0.15) is 19.5 Å². The van der Waals surface area contributed by atoms with E-state index in [1.54, 1.807) is 4.68 Å². The maximum Gasteiger partial charge on any atom is 0.309 e. The summed E-state index contributed by atoms with van der Waals surface area (Å²) in [6.07, 6.45) is 1.89. The molecule has 0 radical (unpaired) electrons. The maximum absolute atomic E-state index is 11.3. The van der Waals surface area contributed by atoms with Crippen molar-refractivity contribution >= 4 is 5.97 Å². The lowest BCUT2D eigenvalue weighted by atomic mass is 10.0. The molecule has 1 rings (SSSR count). The Morgan fingerprint density at radius 3 is 2.81 bits per heavy atom. The molecule has 0 aromatic carbocycles. The van der Waals surface area contributed by atoms with Crippen LogP contribution in [0.25, 0.3) is 0 Å². The van der Waals surface area contributed by atoms with Crippen LogP contribution in [0.3, 0.4) is 0 Å². The molecule has 0 spiro atoms. The summed E-state index contributed by atoms with van der Waals surface area (Å²) in [5.41, 5.74) is 0.964. The first kappa shape index (κ1) is 12.7. The van der Waals surface area contributed by atoms with Crippen LogP contribution in [-0.2, 0) is 23.1 Å². The molecule has 0 saturated heterocycles. The Kier molecular flexibility index (Phi) is 4.49. The molecule has 5 nitrogen and oxygen atoms in total. The Bertz CT molecular complexity index is 349. The molecule has 90 valence electrons. The summed E-state index contributed by atoms with van der Waals surface area (Å²) in [6, 6.07) is 2.01. The number of hydrogen-bond acceptors (Lipinski definition) is 4. The van der Waals surface area contributed by atoms with Gasteiger partial charge in [-0.25, -0.2) is 0 Å². The van der Waals surface area contributed by atoms with Gasteiger partial charge in [0.25, 0.3) is 0 Å². The van der Waals surface area contributed by atoms with Crippen molar-refractivity contribution in [3.8, 4) is 0 Å². The largest absolute Gasteiger partial charge is 0.469 e. The topological polar surface area (TPSA) is 56.1 Å². The molecule has 1 N–H and O–H groups in total. The van der Waals surface area contributed by atoms with Gasteiger partial charge in [-0.3, -0.25) is 9.48 Å². The predicted molar refractivity (Wildman–Crippen MR) is 60.7 cm³/mol. The third-order valence-corrected chi connectivity index (χ3v) is 2.70. The highest BCUT2D eigenvalue weighted by molar-refractivity contribution is 5.72. The molecular formula is C11H19N3O2. The van der Waals surface area contributed by atoms with Crippen molar-refractivity contribution < 1.29 is 9.53 Å². The van der Waals surface area contributed by atoms with Crippen LogP contribution in [-0.4, -0.2) is 28.9 Å². The van der Waals surface area contributed by atoms with Crippen LogP contribution in [0, 0.1) is 5.92 Å². The summed E-state index contributed by atoms with van der Waals surface area (Å²) >= 11 is 0. The molecule has 0 bridgehead atoms. The lowest BCUT2D eigenvalue weighted by Gasteiger charge is -2.18. The van der Waals surface area contributed by atoms with E-state index in [2.05, 4.69) is 10.4 Å². The van der Waals surface area contributed by atoms with E-state index < -0.39 is 0 Å². The Morgan fingerprint density at radius 2 is 2.31 bits per heavy atom. The number of esters is 1. The number of nitrogens with zero attached hydrogens (tertiary/aromatic N) is 2. The van der Waals surface area contributed by atoms with Crippen molar-refractivity contribution in [1.29, 1.82) is 0 Å². The highest BCUT2D eigenvalue weighted by Crippen LogP contribution is 2.05. The minimum absolute atomic E-state index is 0.0643. The van der Waals surface area contributed by atoms with Gasteiger partial charge in [0.15, 0.2) is 0 Å². The minimum atomic E-state index is -0.193. The second-order valence-corrected chi connectivity index (χ2v) is 3.96. The first-order valence-electron chi connectivity index (χ1n) is 5.34. The SMILES string of the molecule is COC(=O)C(C)C(C)NCc1ccn(C)n1. The first-order chi connectivity index (χ1) is 7.54. The number of carbonyl (C=O) groups excluding carboxylic acids is 1. The standard InChI is InChI=1S/C11H19N3O2/c1-8(11(15)16-4)9(2)12-7-10-5-6-14(3)13-10/h5-6,8-9,12H,7H2,1-4H3. The van der Waals surface area contributed by atoms with Crippen LogP contribution in [0.5, 0.6) is 0 Å². The van der Waals surface area contributed by atoms with Gasteiger partial charge in [-0.2, -0.15) is 5.10 Å². The van der Waals surface area contributed by atoms with E-state index in [-0.39, 0.29) is 17.9 Å². The summed E-state index contributed by atoms with van der Waals surface area (Å²) in [5.74, 6) is -0.352. The van der Waals surface area contributed by atoms with Gasteiger partial charge < -0.3 is 10.1 Å². The van der Waals surface area contributed by atoms with Crippen molar-refractivity contribution in [1.82, 2.24) is 15.1 Å². The van der Waals surface area contributed by atoms with Crippen LogP contribution in [0.15, 0.2) is 12.3 Å². The van der Waals surface area contributed by atoms with Gasteiger partial charge in [0, 0.05) is 25.8 Å². The number of carbonyl (C=O) groups is 1. The molecule has 0 aliphatic heterocycles. The van der Waals surface area contributed by atoms with Gasteiger partial charge >= 0.3 is 5.97 Å². The Morgan fingerprint density at radius 1 is 1.62 bits per heavy atom. The minimum Gasteiger partial charge on any atom is -0.469 e. The molecule has 2 unspecified atom stereocenters. The molecular weight excluding hydrogens is 206 g/mol. The zero-order chi connectivity index (χ0) is 12.1. The number of hydrogen-bond donors (Lipinski definition) is 1. The van der Waals surface area contributed by atoms with E-state index in [0.29, 0.717) is 6.54 Å². The molecule has 0 saturated carbocycles. The summed E-state index contributed by atoms with van der Waals surface area (Å²) in [5, 5.41) is 7.50. The van der Waals surface area contributed by atoms with E-state index in [1.807, 2.05) is 33.2 Å². The third kappa shape index (κ3) is 3.34. The Hall–Kier alpha value is -1.36. The molecule has 2 atom stereocenters. The number of ether oxygens (including phenoxy) is 1. The van der Waals surface area contributed by atoms with Gasteiger partial charge in [-0.05, 0) is 13.0 Å². The average Bonchev–Trinajstić information content (AvgIpc) is 2.69. The maximum atomic E-state index is 11.3. The first-order valence-corrected chi connectivity index (χ1v) is 5.34. The second kappa shape index (κ2) is 5.65. The highest BCUT2D eigenvalue weighted by atomic mass is 16.5. The van der Waals surface area contributed by atoms with Gasteiger partial charge in [0.1, 0.15) is 0 Å². The summed E-state index contributed by atoms with van der Waals surface area (Å²) in [4.78, 5) is 11.3. The van der Waals surface area contributed by atoms with Gasteiger partial charge in [-0.15, -0.1) is 0 Å². The van der Waals surface area contributed by atoms with E-state index in [0.717, 1.165) is 5.69 Å². The van der Waals surface area contributed by atoms with Crippen molar-refractivity contribution in [3.63, 3.8) is 0 Å². The van der Waals surface area contributed by atoms with E-state index in [9.17, 15) is 4.79 Å². The van der Waals surface area contributed by atoms with E-state index in [1.165, 1.54) is 7.11 Å². The fraction of sp³-hybridized carbons (Fsp3) is 0.636. The number of methoxy groups -OCH3 is 1. The lowest BCUT2D eigenvalue weighted by Crippen LogP contribution is -2.36.